The van der Waals surface area contributed by atoms with Crippen molar-refractivity contribution in [3.05, 3.63) is 17.5 Å². The molecule has 0 bridgehead atoms. The van der Waals surface area contributed by atoms with Gasteiger partial charge in [0.05, 0.1) is 18.3 Å². The molecule has 1 aromatic heterocycles. The average molecular weight is 252 g/mol. The van der Waals surface area contributed by atoms with Crippen LogP contribution >= 0.6 is 0 Å². The normalized spacial score (nSPS) is 16.8. The van der Waals surface area contributed by atoms with Crippen molar-refractivity contribution in [1.82, 2.24) is 9.78 Å². The van der Waals surface area contributed by atoms with Gasteiger partial charge in [0.2, 0.25) is 0 Å². The van der Waals surface area contributed by atoms with Gasteiger partial charge in [-0.2, -0.15) is 5.10 Å². The lowest BCUT2D eigenvalue weighted by Crippen LogP contribution is -2.24. The van der Waals surface area contributed by atoms with Crippen LogP contribution in [0, 0.1) is 0 Å². The Bertz CT molecular complexity index is 408. The minimum absolute atomic E-state index is 0.249. The second-order valence-corrected chi connectivity index (χ2v) is 4.38. The van der Waals surface area contributed by atoms with E-state index in [1.165, 1.54) is 0 Å². The van der Waals surface area contributed by atoms with Gasteiger partial charge in [0, 0.05) is 13.2 Å². The van der Waals surface area contributed by atoms with E-state index in [1.54, 1.807) is 0 Å². The summed E-state index contributed by atoms with van der Waals surface area (Å²) in [4.78, 5) is 11.9. The van der Waals surface area contributed by atoms with Crippen LogP contribution < -0.4 is 0 Å². The van der Waals surface area contributed by atoms with E-state index < -0.39 is 0 Å². The molecular weight excluding hydrogens is 232 g/mol. The summed E-state index contributed by atoms with van der Waals surface area (Å²) in [6.45, 7) is 5.70. The molecule has 100 valence electrons. The third-order valence-electron chi connectivity index (χ3n) is 3.17. The van der Waals surface area contributed by atoms with Crippen molar-refractivity contribution in [1.29, 1.82) is 0 Å². The monoisotopic (exact) mass is 252 g/mol. The van der Waals surface area contributed by atoms with Gasteiger partial charge in [0.15, 0.2) is 0 Å². The van der Waals surface area contributed by atoms with Crippen LogP contribution in [0.1, 0.15) is 48.9 Å². The third kappa shape index (κ3) is 2.72. The largest absolute Gasteiger partial charge is 0.461 e. The van der Waals surface area contributed by atoms with E-state index in [2.05, 4.69) is 5.10 Å². The Morgan fingerprint density at radius 1 is 1.50 bits per heavy atom. The predicted molar refractivity (Wildman–Crippen MR) is 66.7 cm³/mol. The molecule has 1 saturated heterocycles. The second-order valence-electron chi connectivity index (χ2n) is 4.38. The number of carbonyl (C=O) groups excluding carboxylic acids is 1. The molecule has 2 heterocycles. The zero-order chi connectivity index (χ0) is 13.0. The lowest BCUT2D eigenvalue weighted by atomic mass is 10.1. The van der Waals surface area contributed by atoms with Crippen LogP contribution in [0.5, 0.6) is 0 Å². The first-order chi connectivity index (χ1) is 8.76. The molecule has 0 atom stereocenters. The molecule has 1 aromatic rings. The lowest BCUT2D eigenvalue weighted by molar-refractivity contribution is 0.0468. The molecule has 0 aliphatic carbocycles. The molecule has 1 aliphatic heterocycles. The van der Waals surface area contributed by atoms with E-state index in [0.717, 1.165) is 38.2 Å². The van der Waals surface area contributed by atoms with Gasteiger partial charge in [0.25, 0.3) is 0 Å². The molecule has 0 radical (unpaired) electrons. The van der Waals surface area contributed by atoms with Gasteiger partial charge in [-0.1, -0.05) is 6.92 Å². The highest BCUT2D eigenvalue weighted by Gasteiger charge is 2.23. The smallest absolute Gasteiger partial charge is 0.356 e. The molecule has 0 aromatic carbocycles. The Morgan fingerprint density at radius 2 is 2.22 bits per heavy atom. The molecule has 0 unspecified atom stereocenters. The Hall–Kier alpha value is -1.36. The first kappa shape index (κ1) is 13.1. The molecule has 1 fully saturated rings. The maximum atomic E-state index is 11.9. The van der Waals surface area contributed by atoms with E-state index in [0.29, 0.717) is 12.3 Å². The lowest BCUT2D eigenvalue weighted by Gasteiger charge is -2.23. The standard InChI is InChI=1S/C13H20N2O3/c1-3-10-9-12(13(16)18-4-2)15(14-10)11-5-7-17-8-6-11/h9,11H,3-8H2,1-2H3. The van der Waals surface area contributed by atoms with Crippen LogP contribution in [-0.4, -0.2) is 35.6 Å². The van der Waals surface area contributed by atoms with E-state index >= 15 is 0 Å². The van der Waals surface area contributed by atoms with Crippen LogP contribution in [0.3, 0.4) is 0 Å². The molecule has 5 heteroatoms. The molecule has 0 spiro atoms. The van der Waals surface area contributed by atoms with Crippen molar-refractivity contribution in [3.8, 4) is 0 Å². The summed E-state index contributed by atoms with van der Waals surface area (Å²) in [5.41, 5.74) is 1.50. The minimum atomic E-state index is -0.281. The first-order valence-electron chi connectivity index (χ1n) is 6.59. The Labute approximate surface area is 107 Å². The van der Waals surface area contributed by atoms with Gasteiger partial charge in [-0.3, -0.25) is 4.68 Å². The Kier molecular flexibility index (Phi) is 4.36. The summed E-state index contributed by atoms with van der Waals surface area (Å²) in [6.07, 6.45) is 2.62. The summed E-state index contributed by atoms with van der Waals surface area (Å²) in [6, 6.07) is 2.09. The van der Waals surface area contributed by atoms with Crippen molar-refractivity contribution in [2.24, 2.45) is 0 Å². The second kappa shape index (κ2) is 6.00. The van der Waals surface area contributed by atoms with Crippen molar-refractivity contribution in [2.75, 3.05) is 19.8 Å². The summed E-state index contributed by atoms with van der Waals surface area (Å²) in [5, 5.41) is 4.52. The van der Waals surface area contributed by atoms with Crippen molar-refractivity contribution < 1.29 is 14.3 Å². The van der Waals surface area contributed by atoms with Crippen molar-refractivity contribution >= 4 is 5.97 Å². The number of rotatable bonds is 4. The number of nitrogens with zero attached hydrogens (tertiary/aromatic N) is 2. The molecule has 0 saturated carbocycles. The predicted octanol–water partition coefficient (Wildman–Crippen LogP) is 1.97. The van der Waals surface area contributed by atoms with E-state index in [4.69, 9.17) is 9.47 Å². The molecule has 1 aliphatic rings. The van der Waals surface area contributed by atoms with E-state index in [-0.39, 0.29) is 12.0 Å². The van der Waals surface area contributed by atoms with E-state index in [1.807, 2.05) is 24.6 Å². The van der Waals surface area contributed by atoms with Crippen LogP contribution in [-0.2, 0) is 15.9 Å². The summed E-state index contributed by atoms with van der Waals surface area (Å²) >= 11 is 0. The molecular formula is C13H20N2O3. The van der Waals surface area contributed by atoms with Gasteiger partial charge < -0.3 is 9.47 Å². The highest BCUT2D eigenvalue weighted by Crippen LogP contribution is 2.23. The Morgan fingerprint density at radius 3 is 2.83 bits per heavy atom. The maximum absolute atomic E-state index is 11.9. The quantitative estimate of drug-likeness (QED) is 0.769. The fourth-order valence-electron chi connectivity index (χ4n) is 2.18. The molecule has 18 heavy (non-hydrogen) atoms. The van der Waals surface area contributed by atoms with Crippen LogP contribution in [0.25, 0.3) is 0 Å². The number of aryl methyl sites for hydroxylation is 1. The minimum Gasteiger partial charge on any atom is -0.461 e. The maximum Gasteiger partial charge on any atom is 0.356 e. The van der Waals surface area contributed by atoms with Crippen LogP contribution in [0.15, 0.2) is 6.07 Å². The number of aromatic nitrogens is 2. The summed E-state index contributed by atoms with van der Waals surface area (Å²) in [5.74, 6) is -0.281. The molecule has 0 amide bonds. The zero-order valence-corrected chi connectivity index (χ0v) is 11.0. The topological polar surface area (TPSA) is 53.3 Å². The van der Waals surface area contributed by atoms with E-state index in [9.17, 15) is 4.79 Å². The summed E-state index contributed by atoms with van der Waals surface area (Å²) < 4.78 is 12.3. The fraction of sp³-hybridized carbons (Fsp3) is 0.692. The average Bonchev–Trinajstić information content (AvgIpc) is 2.84. The number of esters is 1. The number of hydrogen-bond donors (Lipinski definition) is 0. The van der Waals surface area contributed by atoms with Gasteiger partial charge in [0.1, 0.15) is 5.69 Å². The van der Waals surface area contributed by atoms with Gasteiger partial charge >= 0.3 is 5.97 Å². The first-order valence-corrected chi connectivity index (χ1v) is 6.59. The number of carbonyl (C=O) groups is 1. The Balaban J connectivity index is 2.25. The molecule has 2 rings (SSSR count). The van der Waals surface area contributed by atoms with Crippen molar-refractivity contribution in [3.63, 3.8) is 0 Å². The summed E-state index contributed by atoms with van der Waals surface area (Å²) in [7, 11) is 0. The third-order valence-corrected chi connectivity index (χ3v) is 3.17. The van der Waals surface area contributed by atoms with Gasteiger partial charge in [-0.05, 0) is 32.3 Å². The highest BCUT2D eigenvalue weighted by molar-refractivity contribution is 5.87. The van der Waals surface area contributed by atoms with Crippen molar-refractivity contribution in [2.45, 2.75) is 39.2 Å². The van der Waals surface area contributed by atoms with Gasteiger partial charge in [-0.15, -0.1) is 0 Å². The molecule has 5 nitrogen and oxygen atoms in total. The van der Waals surface area contributed by atoms with Crippen LogP contribution in [0.2, 0.25) is 0 Å². The number of ether oxygens (including phenoxy) is 2. The van der Waals surface area contributed by atoms with Crippen LogP contribution in [0.4, 0.5) is 0 Å². The fourth-order valence-corrected chi connectivity index (χ4v) is 2.18. The SMILES string of the molecule is CCOC(=O)c1cc(CC)nn1C1CCOCC1. The zero-order valence-electron chi connectivity index (χ0n) is 11.0. The highest BCUT2D eigenvalue weighted by atomic mass is 16.5. The van der Waals surface area contributed by atoms with Gasteiger partial charge in [-0.25, -0.2) is 4.79 Å². The number of hydrogen-bond acceptors (Lipinski definition) is 4. The molecule has 0 N–H and O–H groups in total.